The fraction of sp³-hybridized carbons (Fsp3) is 0.102. The lowest BCUT2D eigenvalue weighted by Crippen LogP contribution is -2.23. The van der Waals surface area contributed by atoms with E-state index in [1.807, 2.05) is 19.1 Å². The maximum Gasteiger partial charge on any atom is 0.0644 e. The molecule has 250 valence electrons. The van der Waals surface area contributed by atoms with E-state index >= 15 is 0 Å². The third-order valence-electron chi connectivity index (χ3n) is 9.45. The van der Waals surface area contributed by atoms with E-state index in [-0.39, 0.29) is 0 Å². The second-order valence-corrected chi connectivity index (χ2v) is 13.5. The van der Waals surface area contributed by atoms with Crippen LogP contribution in [0.5, 0.6) is 0 Å². The second kappa shape index (κ2) is 14.8. The van der Waals surface area contributed by atoms with E-state index in [9.17, 15) is 0 Å². The van der Waals surface area contributed by atoms with Crippen molar-refractivity contribution in [3.8, 4) is 33.4 Å². The Morgan fingerprint density at radius 2 is 0.961 bits per heavy atom. The lowest BCUT2D eigenvalue weighted by molar-refractivity contribution is 0.652. The van der Waals surface area contributed by atoms with Gasteiger partial charge in [0.2, 0.25) is 0 Å². The number of para-hydroxylation sites is 2. The number of fused-ring (bicyclic) bond motifs is 3. The quantitative estimate of drug-likeness (QED) is 0.105. The van der Waals surface area contributed by atoms with Crippen LogP contribution in [0.2, 0.25) is 0 Å². The molecule has 0 spiro atoms. The number of allylic oxidation sites excluding steroid dienone is 1. The lowest BCUT2D eigenvalue weighted by atomic mass is 9.85. The van der Waals surface area contributed by atoms with Crippen molar-refractivity contribution in [1.29, 1.82) is 0 Å². The number of anilines is 3. The molecule has 0 amide bonds. The Balaban J connectivity index is 0.00000131. The zero-order valence-corrected chi connectivity index (χ0v) is 29.7. The van der Waals surface area contributed by atoms with Crippen LogP contribution in [0.25, 0.3) is 65.7 Å². The van der Waals surface area contributed by atoms with Crippen LogP contribution < -0.4 is 10.6 Å². The predicted molar refractivity (Wildman–Crippen MR) is 224 cm³/mol. The molecule has 0 saturated heterocycles. The first-order valence-electron chi connectivity index (χ1n) is 17.8. The maximum absolute atomic E-state index is 6.46. The molecule has 0 aromatic heterocycles. The van der Waals surface area contributed by atoms with Crippen LogP contribution >= 0.6 is 0 Å². The van der Waals surface area contributed by atoms with Gasteiger partial charge in [-0.15, -0.1) is 6.58 Å². The Morgan fingerprint density at radius 1 is 0.529 bits per heavy atom. The van der Waals surface area contributed by atoms with Gasteiger partial charge in [0.25, 0.3) is 0 Å². The van der Waals surface area contributed by atoms with Crippen molar-refractivity contribution in [1.82, 2.24) is 0 Å². The van der Waals surface area contributed by atoms with E-state index in [4.69, 9.17) is 5.73 Å². The average molecular weight is 661 g/mol. The summed E-state index contributed by atoms with van der Waals surface area (Å²) in [5.74, 6) is 0.478. The molecule has 0 aliphatic heterocycles. The number of benzene rings is 8. The molecule has 8 aromatic carbocycles. The summed E-state index contributed by atoms with van der Waals surface area (Å²) < 4.78 is 0. The number of rotatable bonds is 7. The van der Waals surface area contributed by atoms with Crippen molar-refractivity contribution in [2.24, 2.45) is 5.92 Å². The summed E-state index contributed by atoms with van der Waals surface area (Å²) in [6.07, 6.45) is 1.75. The Bertz CT molecular complexity index is 2390. The van der Waals surface area contributed by atoms with Crippen LogP contribution in [0.4, 0.5) is 17.1 Å². The molecular formula is C49H44N2. The highest BCUT2D eigenvalue weighted by molar-refractivity contribution is 6.21. The van der Waals surface area contributed by atoms with E-state index in [2.05, 4.69) is 177 Å². The van der Waals surface area contributed by atoms with Crippen molar-refractivity contribution in [2.75, 3.05) is 17.2 Å². The highest BCUT2D eigenvalue weighted by atomic mass is 15.1. The summed E-state index contributed by atoms with van der Waals surface area (Å²) in [5, 5.41) is 7.56. The standard InChI is InChI=1S/C46H38N2.C3H6/c1-31(2)30-48(44-21-10-9-20-43(44)47)36-28-26-35(27-29-36)46-41-17-7-5-15-39(41)45(40-16-6-8-18-42(40)46)34-24-22-33(23-25-34)38-19-11-13-32-12-3-4-14-37(32)38;1-3-2/h3-29,31H,30,47H2,1-2H3;3H,1H2,2H3. The average Bonchev–Trinajstić information content (AvgIpc) is 3.16. The summed E-state index contributed by atoms with van der Waals surface area (Å²) in [6.45, 7) is 10.6. The first-order valence-corrected chi connectivity index (χ1v) is 17.8. The predicted octanol–water partition coefficient (Wildman–Crippen LogP) is 13.7. The Morgan fingerprint density at radius 3 is 1.49 bits per heavy atom. The summed E-state index contributed by atoms with van der Waals surface area (Å²) in [6, 6.07) is 59.2. The van der Waals surface area contributed by atoms with Gasteiger partial charge >= 0.3 is 0 Å². The third kappa shape index (κ3) is 6.61. The number of nitrogens with zero attached hydrogens (tertiary/aromatic N) is 1. The highest BCUT2D eigenvalue weighted by Gasteiger charge is 2.18. The van der Waals surface area contributed by atoms with Crippen LogP contribution in [0.3, 0.4) is 0 Å². The number of nitrogen functional groups attached to an aromatic ring is 1. The molecular weight excluding hydrogens is 617 g/mol. The molecule has 0 bridgehead atoms. The number of nitrogens with two attached hydrogens (primary N) is 1. The van der Waals surface area contributed by atoms with Gasteiger partial charge in [0.15, 0.2) is 0 Å². The molecule has 0 radical (unpaired) electrons. The molecule has 51 heavy (non-hydrogen) atoms. The minimum absolute atomic E-state index is 0.478. The SMILES string of the molecule is C=CC.CC(C)CN(c1ccc(-c2c3ccccc3c(-c3ccc(-c4cccc5ccccc45)cc3)c3ccccc23)cc1)c1ccccc1N. The van der Waals surface area contributed by atoms with Gasteiger partial charge < -0.3 is 10.6 Å². The van der Waals surface area contributed by atoms with Crippen molar-refractivity contribution >= 4 is 49.4 Å². The Labute approximate surface area is 302 Å². The minimum Gasteiger partial charge on any atom is -0.397 e. The van der Waals surface area contributed by atoms with Gasteiger partial charge in [0, 0.05) is 12.2 Å². The summed E-state index contributed by atoms with van der Waals surface area (Å²) >= 11 is 0. The topological polar surface area (TPSA) is 29.3 Å². The van der Waals surface area contributed by atoms with Gasteiger partial charge in [0.05, 0.1) is 11.4 Å². The molecule has 0 unspecified atom stereocenters. The van der Waals surface area contributed by atoms with Crippen molar-refractivity contribution in [3.63, 3.8) is 0 Å². The Hall–Kier alpha value is -6.12. The van der Waals surface area contributed by atoms with E-state index in [1.165, 1.54) is 65.7 Å². The fourth-order valence-electron chi connectivity index (χ4n) is 7.29. The van der Waals surface area contributed by atoms with Crippen molar-refractivity contribution < 1.29 is 0 Å². The molecule has 0 saturated carbocycles. The first-order chi connectivity index (χ1) is 25.0. The fourth-order valence-corrected chi connectivity index (χ4v) is 7.29. The van der Waals surface area contributed by atoms with E-state index in [0.717, 1.165) is 23.6 Å². The van der Waals surface area contributed by atoms with Crippen molar-refractivity contribution in [3.05, 3.63) is 176 Å². The van der Waals surface area contributed by atoms with E-state index < -0.39 is 0 Å². The van der Waals surface area contributed by atoms with Gasteiger partial charge in [-0.05, 0) is 103 Å². The highest BCUT2D eigenvalue weighted by Crippen LogP contribution is 2.44. The summed E-state index contributed by atoms with van der Waals surface area (Å²) in [5.41, 5.74) is 16.9. The van der Waals surface area contributed by atoms with Gasteiger partial charge in [-0.3, -0.25) is 0 Å². The monoisotopic (exact) mass is 660 g/mol. The van der Waals surface area contributed by atoms with Gasteiger partial charge in [-0.25, -0.2) is 0 Å². The van der Waals surface area contributed by atoms with Crippen LogP contribution in [0, 0.1) is 5.92 Å². The van der Waals surface area contributed by atoms with E-state index in [1.54, 1.807) is 6.08 Å². The smallest absolute Gasteiger partial charge is 0.0644 e. The zero-order valence-electron chi connectivity index (χ0n) is 29.7. The second-order valence-electron chi connectivity index (χ2n) is 13.5. The molecule has 0 fully saturated rings. The van der Waals surface area contributed by atoms with Gasteiger partial charge in [-0.1, -0.05) is 159 Å². The molecule has 0 aliphatic carbocycles. The van der Waals surface area contributed by atoms with E-state index in [0.29, 0.717) is 5.92 Å². The minimum atomic E-state index is 0.478. The first kappa shape index (κ1) is 33.4. The zero-order chi connectivity index (χ0) is 35.3. The van der Waals surface area contributed by atoms with Crippen LogP contribution in [0.1, 0.15) is 20.8 Å². The molecule has 0 aliphatic rings. The lowest BCUT2D eigenvalue weighted by Gasteiger charge is -2.28. The van der Waals surface area contributed by atoms with Crippen LogP contribution in [0.15, 0.2) is 176 Å². The van der Waals surface area contributed by atoms with Gasteiger partial charge in [0.1, 0.15) is 0 Å². The number of hydrogen-bond acceptors (Lipinski definition) is 2. The molecule has 0 heterocycles. The molecule has 2 heteroatoms. The molecule has 0 atom stereocenters. The Kier molecular flexibility index (Phi) is 9.67. The molecule has 2 N–H and O–H groups in total. The van der Waals surface area contributed by atoms with Gasteiger partial charge in [-0.2, -0.15) is 0 Å². The summed E-state index contributed by atoms with van der Waals surface area (Å²) in [4.78, 5) is 2.34. The van der Waals surface area contributed by atoms with Crippen LogP contribution in [-0.4, -0.2) is 6.54 Å². The third-order valence-corrected chi connectivity index (χ3v) is 9.45. The molecule has 8 rings (SSSR count). The number of hydrogen-bond donors (Lipinski definition) is 1. The van der Waals surface area contributed by atoms with Crippen molar-refractivity contribution in [2.45, 2.75) is 20.8 Å². The largest absolute Gasteiger partial charge is 0.397 e. The summed E-state index contributed by atoms with van der Waals surface area (Å²) in [7, 11) is 0. The molecule has 8 aromatic rings. The molecule has 2 nitrogen and oxygen atoms in total. The maximum atomic E-state index is 6.46. The van der Waals surface area contributed by atoms with Crippen LogP contribution in [-0.2, 0) is 0 Å². The normalized spacial score (nSPS) is 11.1.